The maximum Gasteiger partial charge on any atom is 0.139 e. The summed E-state index contributed by atoms with van der Waals surface area (Å²) in [4.78, 5) is 11.7. The van der Waals surface area contributed by atoms with Crippen LogP contribution in [-0.2, 0) is 11.2 Å². The van der Waals surface area contributed by atoms with Gasteiger partial charge in [-0.3, -0.25) is 4.79 Å². The van der Waals surface area contributed by atoms with E-state index in [1.54, 1.807) is 0 Å². The molecule has 3 heteroatoms. The lowest BCUT2D eigenvalue weighted by Gasteiger charge is -2.35. The Morgan fingerprint density at radius 2 is 1.95 bits per heavy atom. The summed E-state index contributed by atoms with van der Waals surface area (Å²) in [5, 5.41) is 3.24. The topological polar surface area (TPSA) is 38.3 Å². The van der Waals surface area contributed by atoms with Gasteiger partial charge in [-0.1, -0.05) is 26.0 Å². The normalized spacial score (nSPS) is 22.1. The minimum atomic E-state index is 0.101. The summed E-state index contributed by atoms with van der Waals surface area (Å²) >= 11 is 0. The number of nitrogens with one attached hydrogen (secondary N) is 1. The molecule has 1 N–H and O–H groups in total. The Balaban J connectivity index is 1.83. The SMILES string of the molecule is CNC1CC(Oc2ccc(CC(=O)C(C)C)cc2)C1. The highest BCUT2D eigenvalue weighted by molar-refractivity contribution is 5.82. The molecule has 0 amide bonds. The van der Waals surface area contributed by atoms with E-state index < -0.39 is 0 Å². The molecule has 0 atom stereocenters. The summed E-state index contributed by atoms with van der Waals surface area (Å²) in [6, 6.07) is 8.52. The molecule has 19 heavy (non-hydrogen) atoms. The van der Waals surface area contributed by atoms with Gasteiger partial charge in [0.25, 0.3) is 0 Å². The van der Waals surface area contributed by atoms with Crippen LogP contribution in [0.15, 0.2) is 24.3 Å². The highest BCUT2D eigenvalue weighted by Gasteiger charge is 2.29. The number of ketones is 1. The molecule has 0 aliphatic heterocycles. The zero-order valence-electron chi connectivity index (χ0n) is 12.0. The Bertz CT molecular complexity index is 419. The molecule has 0 bridgehead atoms. The van der Waals surface area contributed by atoms with E-state index in [2.05, 4.69) is 5.32 Å². The van der Waals surface area contributed by atoms with Crippen LogP contribution in [0.25, 0.3) is 0 Å². The summed E-state index contributed by atoms with van der Waals surface area (Å²) in [6.07, 6.45) is 3.00. The molecule has 0 unspecified atom stereocenters. The summed E-state index contributed by atoms with van der Waals surface area (Å²) in [5.74, 6) is 1.29. The van der Waals surface area contributed by atoms with Crippen LogP contribution in [0.5, 0.6) is 5.75 Å². The van der Waals surface area contributed by atoms with Crippen molar-refractivity contribution in [2.24, 2.45) is 5.92 Å². The third-order valence-corrected chi connectivity index (χ3v) is 3.75. The van der Waals surface area contributed by atoms with Crippen molar-refractivity contribution in [3.8, 4) is 5.75 Å². The first kappa shape index (κ1) is 14.1. The van der Waals surface area contributed by atoms with E-state index in [4.69, 9.17) is 4.74 Å². The van der Waals surface area contributed by atoms with E-state index in [0.29, 0.717) is 18.6 Å². The Kier molecular flexibility index (Phi) is 4.59. The minimum absolute atomic E-state index is 0.101. The molecule has 104 valence electrons. The molecule has 0 heterocycles. The smallest absolute Gasteiger partial charge is 0.139 e. The fourth-order valence-corrected chi connectivity index (χ4v) is 2.18. The molecule has 1 aromatic rings. The van der Waals surface area contributed by atoms with Crippen molar-refractivity contribution in [2.75, 3.05) is 7.05 Å². The fourth-order valence-electron chi connectivity index (χ4n) is 2.18. The third-order valence-electron chi connectivity index (χ3n) is 3.75. The van der Waals surface area contributed by atoms with Crippen LogP contribution in [0.4, 0.5) is 0 Å². The highest BCUT2D eigenvalue weighted by atomic mass is 16.5. The van der Waals surface area contributed by atoms with Crippen molar-refractivity contribution in [1.29, 1.82) is 0 Å². The first-order valence-electron chi connectivity index (χ1n) is 7.04. The Labute approximate surface area is 115 Å². The van der Waals surface area contributed by atoms with Crippen LogP contribution in [0.2, 0.25) is 0 Å². The molecule has 0 radical (unpaired) electrons. The second-order valence-electron chi connectivity index (χ2n) is 5.64. The molecular weight excluding hydrogens is 238 g/mol. The average Bonchev–Trinajstić information content (AvgIpc) is 2.35. The van der Waals surface area contributed by atoms with Crippen LogP contribution in [-0.4, -0.2) is 25.0 Å². The summed E-state index contributed by atoms with van der Waals surface area (Å²) in [6.45, 7) is 3.88. The lowest BCUT2D eigenvalue weighted by molar-refractivity contribution is -0.121. The average molecular weight is 261 g/mol. The number of hydrogen-bond acceptors (Lipinski definition) is 3. The van der Waals surface area contributed by atoms with Gasteiger partial charge >= 0.3 is 0 Å². The van der Waals surface area contributed by atoms with Crippen molar-refractivity contribution >= 4 is 5.78 Å². The van der Waals surface area contributed by atoms with Gasteiger partial charge in [-0.25, -0.2) is 0 Å². The van der Waals surface area contributed by atoms with Crippen molar-refractivity contribution in [2.45, 2.75) is 45.3 Å². The number of ether oxygens (including phenoxy) is 1. The molecule has 2 rings (SSSR count). The maximum absolute atomic E-state index is 11.7. The fraction of sp³-hybridized carbons (Fsp3) is 0.562. The molecule has 1 aliphatic rings. The molecule has 0 saturated heterocycles. The summed E-state index contributed by atoms with van der Waals surface area (Å²) < 4.78 is 5.86. The Hall–Kier alpha value is -1.35. The van der Waals surface area contributed by atoms with Gasteiger partial charge in [0, 0.05) is 18.4 Å². The van der Waals surface area contributed by atoms with Crippen molar-refractivity contribution in [1.82, 2.24) is 5.32 Å². The number of rotatable bonds is 6. The van der Waals surface area contributed by atoms with E-state index in [1.165, 1.54) is 0 Å². The largest absolute Gasteiger partial charge is 0.490 e. The zero-order valence-corrected chi connectivity index (χ0v) is 12.0. The van der Waals surface area contributed by atoms with Crippen LogP contribution < -0.4 is 10.1 Å². The lowest BCUT2D eigenvalue weighted by Crippen LogP contribution is -2.45. The molecular formula is C16H23NO2. The van der Waals surface area contributed by atoms with Crippen LogP contribution in [0, 0.1) is 5.92 Å². The van der Waals surface area contributed by atoms with Crippen molar-refractivity contribution in [3.63, 3.8) is 0 Å². The van der Waals surface area contributed by atoms with E-state index in [-0.39, 0.29) is 11.7 Å². The van der Waals surface area contributed by atoms with Crippen molar-refractivity contribution < 1.29 is 9.53 Å². The first-order valence-corrected chi connectivity index (χ1v) is 7.04. The predicted molar refractivity (Wildman–Crippen MR) is 76.5 cm³/mol. The van der Waals surface area contributed by atoms with Crippen LogP contribution >= 0.6 is 0 Å². The number of benzene rings is 1. The molecule has 1 aliphatic carbocycles. The third kappa shape index (κ3) is 3.80. The second kappa shape index (κ2) is 6.20. The van der Waals surface area contributed by atoms with E-state index in [0.717, 1.165) is 24.2 Å². The van der Waals surface area contributed by atoms with E-state index in [9.17, 15) is 4.79 Å². The number of carbonyl (C=O) groups excluding carboxylic acids is 1. The summed E-state index contributed by atoms with van der Waals surface area (Å²) in [5.41, 5.74) is 1.06. The van der Waals surface area contributed by atoms with Gasteiger partial charge in [-0.05, 0) is 37.6 Å². The van der Waals surface area contributed by atoms with Gasteiger partial charge in [0.1, 0.15) is 17.6 Å². The number of hydrogen-bond donors (Lipinski definition) is 1. The van der Waals surface area contributed by atoms with Crippen molar-refractivity contribution in [3.05, 3.63) is 29.8 Å². The van der Waals surface area contributed by atoms with Gasteiger partial charge in [0.15, 0.2) is 0 Å². The predicted octanol–water partition coefficient (Wildman–Crippen LogP) is 2.58. The van der Waals surface area contributed by atoms with E-state index in [1.807, 2.05) is 45.2 Å². The molecule has 1 fully saturated rings. The molecule has 3 nitrogen and oxygen atoms in total. The number of Topliss-reactive ketones (excluding diaryl/α,β-unsaturated/α-hetero) is 1. The van der Waals surface area contributed by atoms with Gasteiger partial charge in [0.2, 0.25) is 0 Å². The molecule has 0 spiro atoms. The monoisotopic (exact) mass is 261 g/mol. The zero-order chi connectivity index (χ0) is 13.8. The Morgan fingerprint density at radius 1 is 1.32 bits per heavy atom. The molecule has 1 aromatic carbocycles. The molecule has 0 aromatic heterocycles. The van der Waals surface area contributed by atoms with Gasteiger partial charge in [0.05, 0.1) is 0 Å². The lowest BCUT2D eigenvalue weighted by atomic mass is 9.89. The van der Waals surface area contributed by atoms with Gasteiger partial charge < -0.3 is 10.1 Å². The van der Waals surface area contributed by atoms with Gasteiger partial charge in [-0.15, -0.1) is 0 Å². The number of carbonyl (C=O) groups is 1. The van der Waals surface area contributed by atoms with Crippen LogP contribution in [0.1, 0.15) is 32.3 Å². The maximum atomic E-state index is 11.7. The second-order valence-corrected chi connectivity index (χ2v) is 5.64. The summed E-state index contributed by atoms with van der Waals surface area (Å²) in [7, 11) is 1.99. The first-order chi connectivity index (χ1) is 9.08. The van der Waals surface area contributed by atoms with E-state index >= 15 is 0 Å². The Morgan fingerprint density at radius 3 is 2.47 bits per heavy atom. The highest BCUT2D eigenvalue weighted by Crippen LogP contribution is 2.26. The van der Waals surface area contributed by atoms with Gasteiger partial charge in [-0.2, -0.15) is 0 Å². The molecule has 1 saturated carbocycles. The standard InChI is InChI=1S/C16H23NO2/c1-11(2)16(18)8-12-4-6-14(7-5-12)19-15-9-13(10-15)17-3/h4-7,11,13,15,17H,8-10H2,1-3H3. The quantitative estimate of drug-likeness (QED) is 0.855. The van der Waals surface area contributed by atoms with Crippen LogP contribution in [0.3, 0.4) is 0 Å². The minimum Gasteiger partial charge on any atom is -0.490 e.